The van der Waals surface area contributed by atoms with Crippen LogP contribution in [-0.4, -0.2) is 16.6 Å². The average molecular weight is 250 g/mol. The highest BCUT2D eigenvalue weighted by atomic mass is 19.1. The summed E-state index contributed by atoms with van der Waals surface area (Å²) < 4.78 is 26.0. The van der Waals surface area contributed by atoms with Gasteiger partial charge < -0.3 is 10.4 Å². The van der Waals surface area contributed by atoms with E-state index in [-0.39, 0.29) is 12.1 Å². The van der Waals surface area contributed by atoms with Crippen molar-refractivity contribution in [3.8, 4) is 0 Å². The summed E-state index contributed by atoms with van der Waals surface area (Å²) >= 11 is 0. The molecule has 18 heavy (non-hydrogen) atoms. The smallest absolute Gasteiger partial charge is 0.141 e. The van der Waals surface area contributed by atoms with E-state index in [0.717, 1.165) is 6.20 Å². The predicted octanol–water partition coefficient (Wildman–Crippen LogP) is 2.51. The summed E-state index contributed by atoms with van der Waals surface area (Å²) in [4.78, 5) is 3.78. The Morgan fingerprint density at radius 1 is 1.17 bits per heavy atom. The first-order valence-electron chi connectivity index (χ1n) is 5.45. The Morgan fingerprint density at radius 2 is 1.94 bits per heavy atom. The van der Waals surface area contributed by atoms with E-state index >= 15 is 0 Å². The van der Waals surface area contributed by atoms with Crippen LogP contribution >= 0.6 is 0 Å². The molecular weight excluding hydrogens is 238 g/mol. The first-order chi connectivity index (χ1) is 8.66. The zero-order chi connectivity index (χ0) is 13.0. The molecular formula is C13H12F2N2O. The van der Waals surface area contributed by atoms with Gasteiger partial charge in [-0.05, 0) is 18.2 Å². The van der Waals surface area contributed by atoms with Crippen LogP contribution in [0, 0.1) is 11.6 Å². The van der Waals surface area contributed by atoms with E-state index in [9.17, 15) is 13.9 Å². The second-order valence-electron chi connectivity index (χ2n) is 3.78. The van der Waals surface area contributed by atoms with Crippen LogP contribution in [0.15, 0.2) is 42.6 Å². The van der Waals surface area contributed by atoms with Gasteiger partial charge in [-0.25, -0.2) is 13.8 Å². The number of hydrogen-bond donors (Lipinski definition) is 2. The van der Waals surface area contributed by atoms with Crippen LogP contribution in [0.1, 0.15) is 11.7 Å². The van der Waals surface area contributed by atoms with Crippen molar-refractivity contribution in [1.82, 2.24) is 4.98 Å². The third kappa shape index (κ3) is 3.01. The highest BCUT2D eigenvalue weighted by Gasteiger charge is 2.11. The molecule has 2 rings (SSSR count). The highest BCUT2D eigenvalue weighted by Crippen LogP contribution is 2.17. The molecule has 5 heteroatoms. The van der Waals surface area contributed by atoms with Crippen LogP contribution in [0.25, 0.3) is 0 Å². The van der Waals surface area contributed by atoms with Crippen LogP contribution in [0.3, 0.4) is 0 Å². The molecule has 0 fully saturated rings. The summed E-state index contributed by atoms with van der Waals surface area (Å²) in [6.45, 7) is 0.0968. The fraction of sp³-hybridized carbons (Fsp3) is 0.154. The lowest BCUT2D eigenvalue weighted by Gasteiger charge is -2.13. The molecule has 2 aromatic rings. The molecule has 1 heterocycles. The summed E-state index contributed by atoms with van der Waals surface area (Å²) in [6.07, 6.45) is 0.0794. The molecule has 1 aromatic heterocycles. The van der Waals surface area contributed by atoms with Crippen LogP contribution in [-0.2, 0) is 0 Å². The van der Waals surface area contributed by atoms with Gasteiger partial charge in [0.25, 0.3) is 0 Å². The molecule has 0 radical (unpaired) electrons. The number of nitrogens with one attached hydrogen (secondary N) is 1. The normalized spacial score (nSPS) is 12.2. The molecule has 94 valence electrons. The number of rotatable bonds is 4. The van der Waals surface area contributed by atoms with E-state index < -0.39 is 17.7 Å². The molecule has 0 saturated carbocycles. The molecule has 3 nitrogen and oxygen atoms in total. The Bertz CT molecular complexity index is 517. The fourth-order valence-corrected chi connectivity index (χ4v) is 1.54. The zero-order valence-corrected chi connectivity index (χ0v) is 9.48. The van der Waals surface area contributed by atoms with E-state index in [2.05, 4.69) is 10.3 Å². The lowest BCUT2D eigenvalue weighted by molar-refractivity contribution is 0.186. The molecule has 0 saturated heterocycles. The van der Waals surface area contributed by atoms with Gasteiger partial charge in [0.1, 0.15) is 17.5 Å². The van der Waals surface area contributed by atoms with E-state index in [1.165, 1.54) is 24.3 Å². The van der Waals surface area contributed by atoms with E-state index in [4.69, 9.17) is 0 Å². The monoisotopic (exact) mass is 250 g/mol. The van der Waals surface area contributed by atoms with E-state index in [1.54, 1.807) is 12.1 Å². The zero-order valence-electron chi connectivity index (χ0n) is 9.48. The third-order valence-electron chi connectivity index (χ3n) is 2.47. The third-order valence-corrected chi connectivity index (χ3v) is 2.47. The summed E-state index contributed by atoms with van der Waals surface area (Å²) in [5, 5.41) is 12.6. The van der Waals surface area contributed by atoms with Gasteiger partial charge in [-0.15, -0.1) is 0 Å². The summed E-state index contributed by atoms with van der Waals surface area (Å²) in [7, 11) is 0. The van der Waals surface area contributed by atoms with Crippen LogP contribution < -0.4 is 5.32 Å². The van der Waals surface area contributed by atoms with Gasteiger partial charge in [0, 0.05) is 12.1 Å². The molecule has 0 aliphatic carbocycles. The number of anilines is 1. The van der Waals surface area contributed by atoms with Crippen molar-refractivity contribution in [2.24, 2.45) is 0 Å². The Morgan fingerprint density at radius 3 is 2.61 bits per heavy atom. The van der Waals surface area contributed by atoms with Crippen molar-refractivity contribution < 1.29 is 13.9 Å². The van der Waals surface area contributed by atoms with Gasteiger partial charge in [0.2, 0.25) is 0 Å². The van der Waals surface area contributed by atoms with Crippen molar-refractivity contribution >= 4 is 5.82 Å². The molecule has 2 N–H and O–H groups in total. The Labute approximate surface area is 103 Å². The molecule has 1 unspecified atom stereocenters. The highest BCUT2D eigenvalue weighted by molar-refractivity contribution is 5.34. The Kier molecular flexibility index (Phi) is 3.84. The molecule has 0 aliphatic rings. The minimum atomic E-state index is -0.988. The van der Waals surface area contributed by atoms with Gasteiger partial charge in [-0.2, -0.15) is 0 Å². The lowest BCUT2D eigenvalue weighted by atomic mass is 10.1. The molecule has 0 aliphatic heterocycles. The van der Waals surface area contributed by atoms with Gasteiger partial charge in [-0.1, -0.05) is 18.2 Å². The minimum absolute atomic E-state index is 0.0968. The second-order valence-corrected chi connectivity index (χ2v) is 3.78. The van der Waals surface area contributed by atoms with Crippen LogP contribution in [0.5, 0.6) is 0 Å². The average Bonchev–Trinajstić information content (AvgIpc) is 2.38. The second kappa shape index (κ2) is 5.55. The fourth-order valence-electron chi connectivity index (χ4n) is 1.54. The Balaban J connectivity index is 1.98. The topological polar surface area (TPSA) is 45.1 Å². The van der Waals surface area contributed by atoms with E-state index in [1.807, 2.05) is 0 Å². The standard InChI is InChI=1S/C13H12F2N2O/c14-9-5-6-13(16-7-9)17-8-12(18)10-3-1-2-4-11(10)15/h1-7,12,18H,8H2,(H,16,17). The summed E-state index contributed by atoms with van der Waals surface area (Å²) in [5.41, 5.74) is 0.215. The van der Waals surface area contributed by atoms with Gasteiger partial charge in [0.15, 0.2) is 0 Å². The van der Waals surface area contributed by atoms with Crippen LogP contribution in [0.2, 0.25) is 0 Å². The maximum absolute atomic E-state index is 13.4. The number of hydrogen-bond acceptors (Lipinski definition) is 3. The molecule has 0 amide bonds. The van der Waals surface area contributed by atoms with Crippen molar-refractivity contribution in [2.45, 2.75) is 6.10 Å². The molecule has 1 aromatic carbocycles. The maximum atomic E-state index is 13.4. The summed E-state index contributed by atoms with van der Waals surface area (Å²) in [5.74, 6) is -0.471. The number of aliphatic hydroxyl groups is 1. The maximum Gasteiger partial charge on any atom is 0.141 e. The van der Waals surface area contributed by atoms with Crippen molar-refractivity contribution in [3.05, 3.63) is 59.8 Å². The predicted molar refractivity (Wildman–Crippen MR) is 64.0 cm³/mol. The van der Waals surface area contributed by atoms with Gasteiger partial charge >= 0.3 is 0 Å². The van der Waals surface area contributed by atoms with Crippen molar-refractivity contribution in [2.75, 3.05) is 11.9 Å². The number of pyridine rings is 1. The van der Waals surface area contributed by atoms with Crippen molar-refractivity contribution in [1.29, 1.82) is 0 Å². The molecule has 0 bridgehead atoms. The number of halogens is 2. The number of benzene rings is 1. The quantitative estimate of drug-likeness (QED) is 0.876. The molecule has 0 spiro atoms. The van der Waals surface area contributed by atoms with E-state index in [0.29, 0.717) is 5.82 Å². The largest absolute Gasteiger partial charge is 0.386 e. The number of aromatic nitrogens is 1. The first kappa shape index (κ1) is 12.4. The molecule has 1 atom stereocenters. The van der Waals surface area contributed by atoms with Crippen LogP contribution in [0.4, 0.5) is 14.6 Å². The first-order valence-corrected chi connectivity index (χ1v) is 5.45. The summed E-state index contributed by atoms with van der Waals surface area (Å²) in [6, 6.07) is 8.71. The number of nitrogens with zero attached hydrogens (tertiary/aromatic N) is 1. The number of aliphatic hydroxyl groups excluding tert-OH is 1. The Hall–Kier alpha value is -2.01. The van der Waals surface area contributed by atoms with Gasteiger partial charge in [0.05, 0.1) is 12.3 Å². The van der Waals surface area contributed by atoms with Gasteiger partial charge in [-0.3, -0.25) is 0 Å². The SMILES string of the molecule is OC(CNc1ccc(F)cn1)c1ccccc1F. The minimum Gasteiger partial charge on any atom is -0.386 e. The van der Waals surface area contributed by atoms with Crippen molar-refractivity contribution in [3.63, 3.8) is 0 Å². The lowest BCUT2D eigenvalue weighted by Crippen LogP contribution is -2.14.